The van der Waals surface area contributed by atoms with Gasteiger partial charge in [0.25, 0.3) is 0 Å². The molecule has 0 aliphatic heterocycles. The molecule has 0 spiro atoms. The third-order valence-corrected chi connectivity index (χ3v) is 3.43. The first-order chi connectivity index (χ1) is 8.71. The summed E-state index contributed by atoms with van der Waals surface area (Å²) in [6.07, 6.45) is 10.5. The van der Waals surface area contributed by atoms with Gasteiger partial charge in [0.1, 0.15) is 0 Å². The fraction of sp³-hybridized carbons (Fsp3) is 1.00. The summed E-state index contributed by atoms with van der Waals surface area (Å²) in [5.74, 6) is 0. The lowest BCUT2D eigenvalue weighted by Crippen LogP contribution is -2.05. The Bertz CT molecular complexity index is 173. The van der Waals surface area contributed by atoms with Crippen LogP contribution >= 0.6 is 0 Å². The van der Waals surface area contributed by atoms with Crippen molar-refractivity contribution in [3.8, 4) is 0 Å². The maximum atomic E-state index is 5.70. The van der Waals surface area contributed by atoms with Crippen molar-refractivity contribution in [2.45, 2.75) is 92.9 Å². The number of hydrogen-bond donors (Lipinski definition) is 0. The zero-order chi connectivity index (χ0) is 14.8. The predicted molar refractivity (Wildman–Crippen MR) is 86.7 cm³/mol. The van der Waals surface area contributed by atoms with Gasteiger partial charge in [-0.05, 0) is 36.5 Å². The average Bonchev–Trinajstić information content (AvgIpc) is 2.22. The van der Waals surface area contributed by atoms with Gasteiger partial charge in [-0.1, -0.05) is 67.2 Å². The van der Waals surface area contributed by atoms with Gasteiger partial charge in [-0.3, -0.25) is 0 Å². The van der Waals surface area contributed by atoms with Crippen molar-refractivity contribution in [2.75, 3.05) is 13.2 Å². The highest BCUT2D eigenvalue weighted by Gasteiger charge is 2.09. The average molecular weight is 271 g/mol. The van der Waals surface area contributed by atoms with Crippen LogP contribution in [-0.2, 0) is 4.74 Å². The first-order valence-corrected chi connectivity index (χ1v) is 8.28. The smallest absolute Gasteiger partial charge is 0.0466 e. The van der Waals surface area contributed by atoms with E-state index in [0.29, 0.717) is 10.8 Å². The summed E-state index contributed by atoms with van der Waals surface area (Å²) in [5, 5.41) is 0. The van der Waals surface area contributed by atoms with Gasteiger partial charge >= 0.3 is 0 Å². The van der Waals surface area contributed by atoms with E-state index in [0.717, 1.165) is 13.2 Å². The highest BCUT2D eigenvalue weighted by atomic mass is 16.5. The van der Waals surface area contributed by atoms with E-state index in [-0.39, 0.29) is 0 Å². The summed E-state index contributed by atoms with van der Waals surface area (Å²) in [4.78, 5) is 0. The second-order valence-corrected chi connectivity index (χ2v) is 8.36. The Balaban J connectivity index is 3.12. The van der Waals surface area contributed by atoms with Crippen molar-refractivity contribution < 1.29 is 4.74 Å². The zero-order valence-electron chi connectivity index (χ0n) is 14.5. The van der Waals surface area contributed by atoms with Gasteiger partial charge in [0.2, 0.25) is 0 Å². The van der Waals surface area contributed by atoms with Gasteiger partial charge in [0.15, 0.2) is 0 Å². The fourth-order valence-corrected chi connectivity index (χ4v) is 2.17. The van der Waals surface area contributed by atoms with E-state index < -0.39 is 0 Å². The summed E-state index contributed by atoms with van der Waals surface area (Å²) < 4.78 is 5.70. The maximum Gasteiger partial charge on any atom is 0.0466 e. The second kappa shape index (κ2) is 9.80. The van der Waals surface area contributed by atoms with Crippen molar-refractivity contribution in [1.82, 2.24) is 0 Å². The largest absolute Gasteiger partial charge is 0.381 e. The molecule has 0 N–H and O–H groups in total. The molecule has 0 aliphatic rings. The lowest BCUT2D eigenvalue weighted by molar-refractivity contribution is 0.124. The van der Waals surface area contributed by atoms with Crippen LogP contribution in [0.2, 0.25) is 0 Å². The molecule has 0 unspecified atom stereocenters. The standard InChI is InChI=1S/C18H38O/c1-17(2,3)13-9-7-11-15-19-16-12-8-10-14-18(4,5)6/h7-16H2,1-6H3. The van der Waals surface area contributed by atoms with E-state index in [2.05, 4.69) is 41.5 Å². The van der Waals surface area contributed by atoms with Crippen molar-refractivity contribution in [3.05, 3.63) is 0 Å². The first kappa shape index (κ1) is 19.0. The predicted octanol–water partition coefficient (Wildman–Crippen LogP) is 6.22. The van der Waals surface area contributed by atoms with Gasteiger partial charge in [0.05, 0.1) is 0 Å². The molecule has 19 heavy (non-hydrogen) atoms. The Morgan fingerprint density at radius 2 is 0.895 bits per heavy atom. The van der Waals surface area contributed by atoms with Crippen LogP contribution in [-0.4, -0.2) is 13.2 Å². The molecule has 0 fully saturated rings. The molecule has 0 amide bonds. The number of unbranched alkanes of at least 4 members (excludes halogenated alkanes) is 4. The number of rotatable bonds is 10. The second-order valence-electron chi connectivity index (χ2n) is 8.36. The van der Waals surface area contributed by atoms with E-state index in [1.54, 1.807) is 0 Å². The molecule has 1 heteroatoms. The molecule has 0 aromatic carbocycles. The molecule has 0 aliphatic carbocycles. The molecule has 0 rings (SSSR count). The van der Waals surface area contributed by atoms with Gasteiger partial charge in [-0.15, -0.1) is 0 Å². The molecule has 1 nitrogen and oxygen atoms in total. The van der Waals surface area contributed by atoms with Crippen LogP contribution in [0.25, 0.3) is 0 Å². The Morgan fingerprint density at radius 3 is 1.21 bits per heavy atom. The minimum Gasteiger partial charge on any atom is -0.381 e. The van der Waals surface area contributed by atoms with Crippen molar-refractivity contribution >= 4 is 0 Å². The molecular weight excluding hydrogens is 232 g/mol. The zero-order valence-corrected chi connectivity index (χ0v) is 14.5. The molecule has 0 atom stereocenters. The van der Waals surface area contributed by atoms with Crippen LogP contribution in [0.3, 0.4) is 0 Å². The van der Waals surface area contributed by atoms with Crippen LogP contribution in [0.1, 0.15) is 92.9 Å². The van der Waals surface area contributed by atoms with Crippen LogP contribution in [0.5, 0.6) is 0 Å². The maximum absolute atomic E-state index is 5.70. The highest BCUT2D eigenvalue weighted by Crippen LogP contribution is 2.22. The number of ether oxygens (including phenoxy) is 1. The van der Waals surface area contributed by atoms with E-state index in [1.165, 1.54) is 51.4 Å². The van der Waals surface area contributed by atoms with Crippen LogP contribution < -0.4 is 0 Å². The fourth-order valence-electron chi connectivity index (χ4n) is 2.17. The van der Waals surface area contributed by atoms with Crippen molar-refractivity contribution in [2.24, 2.45) is 10.8 Å². The van der Waals surface area contributed by atoms with Gasteiger partial charge in [-0.2, -0.15) is 0 Å². The summed E-state index contributed by atoms with van der Waals surface area (Å²) in [6.45, 7) is 15.8. The van der Waals surface area contributed by atoms with Crippen LogP contribution in [0, 0.1) is 10.8 Å². The molecule has 0 bridgehead atoms. The van der Waals surface area contributed by atoms with Gasteiger partial charge < -0.3 is 4.74 Å². The minimum atomic E-state index is 0.494. The molecule has 0 aromatic heterocycles. The van der Waals surface area contributed by atoms with E-state index in [9.17, 15) is 0 Å². The van der Waals surface area contributed by atoms with E-state index in [4.69, 9.17) is 4.74 Å². The lowest BCUT2D eigenvalue weighted by Gasteiger charge is -2.17. The normalized spacial score (nSPS) is 12.9. The van der Waals surface area contributed by atoms with Gasteiger partial charge in [0, 0.05) is 13.2 Å². The third-order valence-electron chi connectivity index (χ3n) is 3.43. The first-order valence-electron chi connectivity index (χ1n) is 8.28. The third kappa shape index (κ3) is 18.0. The summed E-state index contributed by atoms with van der Waals surface area (Å²) in [7, 11) is 0. The quantitative estimate of drug-likeness (QED) is 0.428. The Hall–Kier alpha value is -0.0400. The van der Waals surface area contributed by atoms with E-state index in [1.807, 2.05) is 0 Å². The Kier molecular flexibility index (Phi) is 9.78. The molecule has 0 radical (unpaired) electrons. The Labute approximate surface area is 122 Å². The molecule has 0 aromatic rings. The van der Waals surface area contributed by atoms with Gasteiger partial charge in [-0.25, -0.2) is 0 Å². The van der Waals surface area contributed by atoms with E-state index >= 15 is 0 Å². The molecule has 0 saturated carbocycles. The molecule has 116 valence electrons. The van der Waals surface area contributed by atoms with Crippen molar-refractivity contribution in [1.29, 1.82) is 0 Å². The minimum absolute atomic E-state index is 0.494. The SMILES string of the molecule is CC(C)(C)CCCCCOCCCCCC(C)(C)C. The Morgan fingerprint density at radius 1 is 0.526 bits per heavy atom. The van der Waals surface area contributed by atoms with Crippen molar-refractivity contribution in [3.63, 3.8) is 0 Å². The topological polar surface area (TPSA) is 9.23 Å². The summed E-state index contributed by atoms with van der Waals surface area (Å²) in [6, 6.07) is 0. The van der Waals surface area contributed by atoms with Crippen LogP contribution in [0.15, 0.2) is 0 Å². The summed E-state index contributed by atoms with van der Waals surface area (Å²) >= 11 is 0. The monoisotopic (exact) mass is 270 g/mol. The lowest BCUT2D eigenvalue weighted by atomic mass is 9.89. The van der Waals surface area contributed by atoms with Crippen LogP contribution in [0.4, 0.5) is 0 Å². The molecule has 0 heterocycles. The summed E-state index contributed by atoms with van der Waals surface area (Å²) in [5.41, 5.74) is 0.988. The highest BCUT2D eigenvalue weighted by molar-refractivity contribution is 4.61. The molecular formula is C18H38O. The molecule has 0 saturated heterocycles. The number of hydrogen-bond acceptors (Lipinski definition) is 1.